The third kappa shape index (κ3) is 2.56. The molecular formula is C8H5ClF5N. The highest BCUT2D eigenvalue weighted by Gasteiger charge is 2.39. The molecule has 0 unspecified atom stereocenters. The van der Waals surface area contributed by atoms with Crippen LogP contribution in [0.1, 0.15) is 23.4 Å². The highest BCUT2D eigenvalue weighted by Crippen LogP contribution is 2.38. The molecule has 0 bridgehead atoms. The van der Waals surface area contributed by atoms with Gasteiger partial charge in [0.05, 0.1) is 10.6 Å². The van der Waals surface area contributed by atoms with Crippen molar-refractivity contribution in [2.75, 3.05) is 0 Å². The van der Waals surface area contributed by atoms with Gasteiger partial charge in [-0.1, -0.05) is 11.6 Å². The molecule has 1 aromatic rings. The summed E-state index contributed by atoms with van der Waals surface area (Å²) in [5.74, 6) is 0. The van der Waals surface area contributed by atoms with Gasteiger partial charge < -0.3 is 0 Å². The zero-order valence-corrected chi connectivity index (χ0v) is 8.13. The summed E-state index contributed by atoms with van der Waals surface area (Å²) in [5, 5.41) is -0.621. The molecular weight excluding hydrogens is 241 g/mol. The van der Waals surface area contributed by atoms with Crippen LogP contribution in [0.5, 0.6) is 0 Å². The van der Waals surface area contributed by atoms with Crippen LogP contribution >= 0.6 is 11.6 Å². The van der Waals surface area contributed by atoms with Crippen LogP contribution in [-0.2, 0) is 6.18 Å². The first-order valence-corrected chi connectivity index (χ1v) is 4.13. The van der Waals surface area contributed by atoms with Gasteiger partial charge in [-0.3, -0.25) is 0 Å². The highest BCUT2D eigenvalue weighted by molar-refractivity contribution is 6.31. The van der Waals surface area contributed by atoms with E-state index in [0.717, 1.165) is 6.07 Å². The lowest BCUT2D eigenvalue weighted by Gasteiger charge is -2.13. The molecule has 0 radical (unpaired) electrons. The third-order valence-corrected chi connectivity index (χ3v) is 1.94. The summed E-state index contributed by atoms with van der Waals surface area (Å²) in [6, 6.07) is 0.971. The molecule has 1 rings (SSSR count). The van der Waals surface area contributed by atoms with Gasteiger partial charge in [-0.15, -0.1) is 0 Å². The van der Waals surface area contributed by atoms with Crippen molar-refractivity contribution in [2.24, 2.45) is 0 Å². The molecule has 0 fully saturated rings. The van der Waals surface area contributed by atoms with Crippen molar-refractivity contribution in [1.29, 1.82) is 0 Å². The van der Waals surface area contributed by atoms with Crippen molar-refractivity contribution in [2.45, 2.75) is 19.5 Å². The van der Waals surface area contributed by atoms with Crippen molar-refractivity contribution in [3.05, 3.63) is 28.0 Å². The molecule has 0 atom stereocenters. The van der Waals surface area contributed by atoms with Gasteiger partial charge in [0.1, 0.15) is 0 Å². The lowest BCUT2D eigenvalue weighted by Crippen LogP contribution is -2.13. The largest absolute Gasteiger partial charge is 0.433 e. The molecule has 0 amide bonds. The van der Waals surface area contributed by atoms with Crippen LogP contribution in [0.25, 0.3) is 0 Å². The summed E-state index contributed by atoms with van der Waals surface area (Å²) in [4.78, 5) is 3.04. The number of pyridine rings is 1. The van der Waals surface area contributed by atoms with E-state index >= 15 is 0 Å². The molecule has 1 aromatic heterocycles. The first-order valence-electron chi connectivity index (χ1n) is 3.76. The molecule has 1 heterocycles. The van der Waals surface area contributed by atoms with Crippen LogP contribution in [0, 0.1) is 6.92 Å². The monoisotopic (exact) mass is 245 g/mol. The predicted molar refractivity (Wildman–Crippen MR) is 43.9 cm³/mol. The standard InChI is InChI=1S/C8H5ClF5N/c1-3-2-4(9)5(7(10)11)6(15-3)8(12,13)14/h2,7H,1H3. The molecule has 15 heavy (non-hydrogen) atoms. The van der Waals surface area contributed by atoms with Gasteiger partial charge in [0, 0.05) is 5.69 Å². The topological polar surface area (TPSA) is 12.9 Å². The minimum Gasteiger partial charge on any atom is -0.248 e. The predicted octanol–water partition coefficient (Wildman–Crippen LogP) is 4.00. The average molecular weight is 246 g/mol. The Balaban J connectivity index is 3.47. The summed E-state index contributed by atoms with van der Waals surface area (Å²) in [5.41, 5.74) is -2.95. The van der Waals surface area contributed by atoms with Gasteiger partial charge in [-0.2, -0.15) is 13.2 Å². The Bertz CT molecular complexity index is 374. The van der Waals surface area contributed by atoms with Crippen LogP contribution in [-0.4, -0.2) is 4.98 Å². The molecule has 84 valence electrons. The van der Waals surface area contributed by atoms with E-state index < -0.39 is 28.9 Å². The second kappa shape index (κ2) is 3.92. The number of alkyl halides is 5. The Morgan fingerprint density at radius 2 is 1.87 bits per heavy atom. The first-order chi connectivity index (χ1) is 6.73. The van der Waals surface area contributed by atoms with Crippen molar-refractivity contribution in [1.82, 2.24) is 4.98 Å². The quantitative estimate of drug-likeness (QED) is 0.682. The van der Waals surface area contributed by atoms with Gasteiger partial charge in [0.25, 0.3) is 6.43 Å². The average Bonchev–Trinajstić information content (AvgIpc) is 1.99. The Labute approximate surface area is 86.9 Å². The SMILES string of the molecule is Cc1cc(Cl)c(C(F)F)c(C(F)(F)F)n1. The van der Waals surface area contributed by atoms with Crippen molar-refractivity contribution < 1.29 is 22.0 Å². The van der Waals surface area contributed by atoms with Crippen molar-refractivity contribution >= 4 is 11.6 Å². The van der Waals surface area contributed by atoms with Crippen LogP contribution in [0.15, 0.2) is 6.07 Å². The summed E-state index contributed by atoms with van der Waals surface area (Å²) in [7, 11) is 0. The number of halogens is 6. The maximum absolute atomic E-state index is 12.3. The number of rotatable bonds is 1. The Morgan fingerprint density at radius 1 is 1.33 bits per heavy atom. The van der Waals surface area contributed by atoms with Crippen molar-refractivity contribution in [3.63, 3.8) is 0 Å². The maximum Gasteiger partial charge on any atom is 0.433 e. The molecule has 0 saturated carbocycles. The molecule has 0 aliphatic carbocycles. The van der Waals surface area contributed by atoms with E-state index in [1.54, 1.807) is 0 Å². The second-order valence-corrected chi connectivity index (χ2v) is 3.21. The smallest absolute Gasteiger partial charge is 0.248 e. The maximum atomic E-state index is 12.3. The first kappa shape index (κ1) is 12.2. The van der Waals surface area contributed by atoms with Crippen LogP contribution in [0.3, 0.4) is 0 Å². The van der Waals surface area contributed by atoms with Crippen LogP contribution in [0.2, 0.25) is 5.02 Å². The minimum absolute atomic E-state index is 0.0586. The number of hydrogen-bond donors (Lipinski definition) is 0. The van der Waals surface area contributed by atoms with E-state index in [9.17, 15) is 22.0 Å². The molecule has 1 nitrogen and oxygen atoms in total. The number of hydrogen-bond acceptors (Lipinski definition) is 1. The Morgan fingerprint density at radius 3 is 2.27 bits per heavy atom. The fourth-order valence-electron chi connectivity index (χ4n) is 1.07. The Kier molecular flexibility index (Phi) is 3.18. The lowest BCUT2D eigenvalue weighted by atomic mass is 10.1. The van der Waals surface area contributed by atoms with Gasteiger partial charge in [0.2, 0.25) is 0 Å². The van der Waals surface area contributed by atoms with Gasteiger partial charge in [0.15, 0.2) is 5.69 Å². The second-order valence-electron chi connectivity index (χ2n) is 2.81. The third-order valence-electron chi connectivity index (χ3n) is 1.62. The van der Waals surface area contributed by atoms with E-state index in [1.807, 2.05) is 0 Å². The normalized spacial score (nSPS) is 12.3. The fraction of sp³-hybridized carbons (Fsp3) is 0.375. The zero-order chi connectivity index (χ0) is 11.8. The Hall–Kier alpha value is -0.910. The number of aromatic nitrogens is 1. The minimum atomic E-state index is -4.93. The summed E-state index contributed by atoms with van der Waals surface area (Å²) in [6.45, 7) is 1.25. The molecule has 0 saturated heterocycles. The van der Waals surface area contributed by atoms with E-state index in [1.165, 1.54) is 6.92 Å². The van der Waals surface area contributed by atoms with Gasteiger partial charge >= 0.3 is 6.18 Å². The lowest BCUT2D eigenvalue weighted by molar-refractivity contribution is -0.143. The summed E-state index contributed by atoms with van der Waals surface area (Å²) >= 11 is 5.32. The van der Waals surface area contributed by atoms with E-state index in [-0.39, 0.29) is 5.69 Å². The van der Waals surface area contributed by atoms with E-state index in [0.29, 0.717) is 0 Å². The summed E-state index contributed by atoms with van der Waals surface area (Å²) in [6.07, 6.45) is -8.23. The zero-order valence-electron chi connectivity index (χ0n) is 7.37. The fourth-order valence-corrected chi connectivity index (χ4v) is 1.40. The van der Waals surface area contributed by atoms with E-state index in [4.69, 9.17) is 11.6 Å². The van der Waals surface area contributed by atoms with Crippen LogP contribution < -0.4 is 0 Å². The molecule has 0 spiro atoms. The van der Waals surface area contributed by atoms with Crippen molar-refractivity contribution in [3.8, 4) is 0 Å². The highest BCUT2D eigenvalue weighted by atomic mass is 35.5. The summed E-state index contributed by atoms with van der Waals surface area (Å²) < 4.78 is 61.6. The van der Waals surface area contributed by atoms with E-state index in [2.05, 4.69) is 4.98 Å². The van der Waals surface area contributed by atoms with Gasteiger partial charge in [-0.25, -0.2) is 13.8 Å². The number of aryl methyl sites for hydroxylation is 1. The molecule has 0 aliphatic rings. The van der Waals surface area contributed by atoms with Crippen LogP contribution in [0.4, 0.5) is 22.0 Å². The van der Waals surface area contributed by atoms with Gasteiger partial charge in [-0.05, 0) is 13.0 Å². The molecule has 0 aliphatic heterocycles. The number of nitrogens with zero attached hydrogens (tertiary/aromatic N) is 1. The molecule has 0 aromatic carbocycles. The molecule has 0 N–H and O–H groups in total. The molecule has 7 heteroatoms.